The first-order valence-corrected chi connectivity index (χ1v) is 6.11. The van der Waals surface area contributed by atoms with E-state index in [1.807, 2.05) is 0 Å². The number of carboxylic acids is 1. The highest BCUT2D eigenvalue weighted by Gasteiger charge is 2.13. The maximum Gasteiger partial charge on any atom is 0.328 e. The van der Waals surface area contributed by atoms with E-state index >= 15 is 0 Å². The average molecular weight is 290 g/mol. The topological polar surface area (TPSA) is 46.5 Å². The number of aliphatic carboxylic acids is 1. The largest absolute Gasteiger partial charge is 0.478 e. The van der Waals surface area contributed by atoms with Crippen LogP contribution in [0.15, 0.2) is 42.5 Å². The highest BCUT2D eigenvalue weighted by atomic mass is 19.1. The molecule has 0 atom stereocenters. The molecule has 3 nitrogen and oxygen atoms in total. The second-order valence-corrected chi connectivity index (χ2v) is 4.32. The van der Waals surface area contributed by atoms with Gasteiger partial charge in [0.2, 0.25) is 0 Å². The number of ether oxygens (including phenoxy) is 1. The maximum absolute atomic E-state index is 13.9. The molecule has 21 heavy (non-hydrogen) atoms. The lowest BCUT2D eigenvalue weighted by atomic mass is 10.1. The molecule has 0 amide bonds. The van der Waals surface area contributed by atoms with Gasteiger partial charge in [-0.25, -0.2) is 13.6 Å². The molecule has 0 unspecified atom stereocenters. The Kier molecular flexibility index (Phi) is 4.33. The summed E-state index contributed by atoms with van der Waals surface area (Å²) in [5.74, 6) is -2.81. The van der Waals surface area contributed by atoms with E-state index in [9.17, 15) is 13.6 Å². The Hall–Kier alpha value is -2.69. The number of para-hydroxylation sites is 1. The zero-order chi connectivity index (χ0) is 15.4. The van der Waals surface area contributed by atoms with E-state index < -0.39 is 17.6 Å². The van der Waals surface area contributed by atoms with Crippen LogP contribution in [0.1, 0.15) is 11.1 Å². The van der Waals surface area contributed by atoms with Crippen LogP contribution in [0.3, 0.4) is 0 Å². The summed E-state index contributed by atoms with van der Waals surface area (Å²) in [6, 6.07) is 8.57. The van der Waals surface area contributed by atoms with Crippen molar-refractivity contribution in [3.05, 3.63) is 65.2 Å². The number of hydrogen-bond acceptors (Lipinski definition) is 2. The molecule has 0 saturated heterocycles. The van der Waals surface area contributed by atoms with Gasteiger partial charge in [-0.15, -0.1) is 0 Å². The van der Waals surface area contributed by atoms with Crippen molar-refractivity contribution in [2.24, 2.45) is 0 Å². The number of carbonyl (C=O) groups is 1. The zero-order valence-electron chi connectivity index (χ0n) is 11.1. The van der Waals surface area contributed by atoms with Crippen molar-refractivity contribution in [3.8, 4) is 11.5 Å². The summed E-state index contributed by atoms with van der Waals surface area (Å²) in [5.41, 5.74) is 0.574. The molecule has 2 aromatic carbocycles. The highest BCUT2D eigenvalue weighted by Crippen LogP contribution is 2.31. The molecule has 0 aromatic heterocycles. The SMILES string of the molecule is Cc1cccc(Oc2c(F)cccc2/C=C/C(=O)O)c1F. The van der Waals surface area contributed by atoms with E-state index in [0.29, 0.717) is 5.56 Å². The molecule has 5 heteroatoms. The van der Waals surface area contributed by atoms with Gasteiger partial charge in [-0.05, 0) is 30.7 Å². The molecule has 0 aliphatic carbocycles. The van der Waals surface area contributed by atoms with Crippen LogP contribution in [0.25, 0.3) is 6.08 Å². The number of hydrogen-bond donors (Lipinski definition) is 1. The van der Waals surface area contributed by atoms with E-state index in [1.54, 1.807) is 19.1 Å². The molecule has 0 bridgehead atoms. The van der Waals surface area contributed by atoms with E-state index in [0.717, 1.165) is 12.1 Å². The fourth-order valence-corrected chi connectivity index (χ4v) is 1.73. The number of carboxylic acid groups (broad SMARTS) is 1. The van der Waals surface area contributed by atoms with Gasteiger partial charge in [-0.1, -0.05) is 24.3 Å². The van der Waals surface area contributed by atoms with Gasteiger partial charge in [0, 0.05) is 11.6 Å². The number of halogens is 2. The van der Waals surface area contributed by atoms with Gasteiger partial charge in [-0.3, -0.25) is 0 Å². The summed E-state index contributed by atoms with van der Waals surface area (Å²) in [6.45, 7) is 1.56. The molecular weight excluding hydrogens is 278 g/mol. The van der Waals surface area contributed by atoms with Crippen molar-refractivity contribution in [2.45, 2.75) is 6.92 Å². The molecule has 0 fully saturated rings. The smallest absolute Gasteiger partial charge is 0.328 e. The second kappa shape index (κ2) is 6.17. The van der Waals surface area contributed by atoms with Crippen molar-refractivity contribution in [1.29, 1.82) is 0 Å². The van der Waals surface area contributed by atoms with Crippen LogP contribution in [0.5, 0.6) is 11.5 Å². The van der Waals surface area contributed by atoms with E-state index in [-0.39, 0.29) is 17.1 Å². The molecule has 108 valence electrons. The third kappa shape index (κ3) is 3.45. The first-order chi connectivity index (χ1) is 9.99. The van der Waals surface area contributed by atoms with Crippen molar-refractivity contribution >= 4 is 12.0 Å². The van der Waals surface area contributed by atoms with Gasteiger partial charge in [0.25, 0.3) is 0 Å². The normalized spacial score (nSPS) is 10.8. The summed E-state index contributed by atoms with van der Waals surface area (Å²) in [6.07, 6.45) is 2.04. The summed E-state index contributed by atoms with van der Waals surface area (Å²) in [5, 5.41) is 8.62. The Morgan fingerprint density at radius 1 is 1.19 bits per heavy atom. The van der Waals surface area contributed by atoms with Gasteiger partial charge < -0.3 is 9.84 Å². The van der Waals surface area contributed by atoms with Crippen molar-refractivity contribution < 1.29 is 23.4 Å². The summed E-state index contributed by atoms with van der Waals surface area (Å²) < 4.78 is 33.1. The average Bonchev–Trinajstić information content (AvgIpc) is 2.44. The van der Waals surface area contributed by atoms with Crippen LogP contribution in [0.4, 0.5) is 8.78 Å². The van der Waals surface area contributed by atoms with Crippen molar-refractivity contribution in [2.75, 3.05) is 0 Å². The molecule has 0 radical (unpaired) electrons. The second-order valence-electron chi connectivity index (χ2n) is 4.32. The first-order valence-electron chi connectivity index (χ1n) is 6.11. The predicted molar refractivity (Wildman–Crippen MR) is 74.3 cm³/mol. The van der Waals surface area contributed by atoms with Crippen molar-refractivity contribution in [1.82, 2.24) is 0 Å². The Balaban J connectivity index is 2.43. The lowest BCUT2D eigenvalue weighted by Crippen LogP contribution is -1.96. The summed E-state index contributed by atoms with van der Waals surface area (Å²) in [7, 11) is 0. The third-order valence-corrected chi connectivity index (χ3v) is 2.77. The van der Waals surface area contributed by atoms with Gasteiger partial charge in [0.15, 0.2) is 23.1 Å². The Morgan fingerprint density at radius 3 is 2.62 bits per heavy atom. The zero-order valence-corrected chi connectivity index (χ0v) is 11.1. The molecule has 0 spiro atoms. The van der Waals surface area contributed by atoms with Crippen LogP contribution >= 0.6 is 0 Å². The minimum atomic E-state index is -1.17. The minimum absolute atomic E-state index is 0.120. The molecular formula is C16H12F2O3. The highest BCUT2D eigenvalue weighted by molar-refractivity contribution is 5.85. The molecule has 2 rings (SSSR count). The number of rotatable bonds is 4. The molecule has 0 aliphatic heterocycles. The molecule has 2 aromatic rings. The van der Waals surface area contributed by atoms with Gasteiger partial charge in [0.1, 0.15) is 0 Å². The summed E-state index contributed by atoms with van der Waals surface area (Å²) >= 11 is 0. The minimum Gasteiger partial charge on any atom is -0.478 e. The van der Waals surface area contributed by atoms with E-state index in [2.05, 4.69) is 0 Å². The lowest BCUT2D eigenvalue weighted by Gasteiger charge is -2.11. The summed E-state index contributed by atoms with van der Waals surface area (Å²) in [4.78, 5) is 10.5. The van der Waals surface area contributed by atoms with E-state index in [1.165, 1.54) is 24.3 Å². The number of aryl methyl sites for hydroxylation is 1. The molecule has 0 saturated carbocycles. The first kappa shape index (κ1) is 14.7. The molecule has 1 N–H and O–H groups in total. The van der Waals surface area contributed by atoms with Gasteiger partial charge >= 0.3 is 5.97 Å². The predicted octanol–water partition coefficient (Wildman–Crippen LogP) is 4.16. The van der Waals surface area contributed by atoms with Crippen LogP contribution in [-0.4, -0.2) is 11.1 Å². The quantitative estimate of drug-likeness (QED) is 0.860. The Bertz CT molecular complexity index is 709. The fraction of sp³-hybridized carbons (Fsp3) is 0.0625. The lowest BCUT2D eigenvalue weighted by molar-refractivity contribution is -0.131. The van der Waals surface area contributed by atoms with E-state index in [4.69, 9.17) is 9.84 Å². The van der Waals surface area contributed by atoms with Crippen LogP contribution in [0, 0.1) is 18.6 Å². The fourth-order valence-electron chi connectivity index (χ4n) is 1.73. The maximum atomic E-state index is 13.9. The van der Waals surface area contributed by atoms with Crippen LogP contribution < -0.4 is 4.74 Å². The van der Waals surface area contributed by atoms with Crippen LogP contribution in [-0.2, 0) is 4.79 Å². The monoisotopic (exact) mass is 290 g/mol. The van der Waals surface area contributed by atoms with Crippen molar-refractivity contribution in [3.63, 3.8) is 0 Å². The number of benzene rings is 2. The standard InChI is InChI=1S/C16H12F2O3/c1-10-4-2-7-13(15(10)18)21-16-11(8-9-14(19)20)5-3-6-12(16)17/h2-9H,1H3,(H,19,20)/b9-8+. The Labute approximate surface area is 120 Å². The third-order valence-electron chi connectivity index (χ3n) is 2.77. The Morgan fingerprint density at radius 2 is 1.90 bits per heavy atom. The molecule has 0 aliphatic rings. The van der Waals surface area contributed by atoms with Gasteiger partial charge in [0.05, 0.1) is 0 Å². The van der Waals surface area contributed by atoms with Gasteiger partial charge in [-0.2, -0.15) is 0 Å². The van der Waals surface area contributed by atoms with Crippen LogP contribution in [0.2, 0.25) is 0 Å². The molecule has 0 heterocycles.